The van der Waals surface area contributed by atoms with Gasteiger partial charge in [-0.25, -0.2) is 0 Å². The molecule has 9 aromatic rings. The summed E-state index contributed by atoms with van der Waals surface area (Å²) in [4.78, 5) is 2.34. The minimum Gasteiger partial charge on any atom is -0.462 e. The summed E-state index contributed by atoms with van der Waals surface area (Å²) in [7, 11) is 0. The molecule has 0 aliphatic carbocycles. The molecule has 6 aromatic carbocycles. The van der Waals surface area contributed by atoms with Crippen LogP contribution in [0.1, 0.15) is 0 Å². The van der Waals surface area contributed by atoms with Crippen LogP contribution in [0.5, 0.6) is 0 Å². The Balaban J connectivity index is 1.23. The van der Waals surface area contributed by atoms with Gasteiger partial charge >= 0.3 is 0 Å². The Bertz CT molecular complexity index is 2410. The molecule has 3 heterocycles. The number of hydrogen-bond donors (Lipinski definition) is 0. The van der Waals surface area contributed by atoms with Gasteiger partial charge in [0.1, 0.15) is 0 Å². The van der Waals surface area contributed by atoms with Crippen molar-refractivity contribution in [1.29, 1.82) is 0 Å². The molecule has 0 bridgehead atoms. The van der Waals surface area contributed by atoms with Gasteiger partial charge in [-0.2, -0.15) is 0 Å². The lowest BCUT2D eigenvalue weighted by Crippen LogP contribution is -2.09. The van der Waals surface area contributed by atoms with Gasteiger partial charge in [-0.1, -0.05) is 66.7 Å². The molecule has 3 aromatic heterocycles. The van der Waals surface area contributed by atoms with Crippen LogP contribution in [0.2, 0.25) is 0 Å². The van der Waals surface area contributed by atoms with Crippen LogP contribution >= 0.6 is 11.3 Å². The van der Waals surface area contributed by atoms with Gasteiger partial charge in [0.05, 0.1) is 17.3 Å². The summed E-state index contributed by atoms with van der Waals surface area (Å²) in [6.45, 7) is 0. The van der Waals surface area contributed by atoms with Crippen LogP contribution in [0.4, 0.5) is 17.1 Å². The number of benzene rings is 6. The van der Waals surface area contributed by atoms with Crippen LogP contribution < -0.4 is 4.90 Å². The number of rotatable bonds is 4. The highest BCUT2D eigenvalue weighted by molar-refractivity contribution is 7.25. The number of nitrogens with zero attached hydrogens (tertiary/aromatic N) is 2. The molecule has 0 saturated carbocycles. The van der Waals surface area contributed by atoms with E-state index >= 15 is 0 Å². The quantitative estimate of drug-likeness (QED) is 0.215. The molecule has 4 heteroatoms. The predicted octanol–water partition coefficient (Wildman–Crippen LogP) is 11.4. The third-order valence-corrected chi connectivity index (χ3v) is 9.40. The minimum absolute atomic E-state index is 0.912. The highest BCUT2D eigenvalue weighted by Crippen LogP contribution is 2.41. The monoisotopic (exact) mass is 556 g/mol. The van der Waals surface area contributed by atoms with Crippen molar-refractivity contribution < 1.29 is 4.42 Å². The normalized spacial score (nSPS) is 11.8. The fraction of sp³-hybridized carbons (Fsp3) is 0. The molecule has 0 amide bonds. The molecular weight excluding hydrogens is 532 g/mol. The van der Waals surface area contributed by atoms with Gasteiger partial charge in [0, 0.05) is 59.1 Å². The Hall–Kier alpha value is -5.32. The fourth-order valence-electron chi connectivity index (χ4n) is 6.37. The lowest BCUT2D eigenvalue weighted by molar-refractivity contribution is 0.618. The molecule has 0 atom stereocenters. The maximum atomic E-state index is 6.03. The van der Waals surface area contributed by atoms with E-state index < -0.39 is 0 Å². The van der Waals surface area contributed by atoms with Gasteiger partial charge < -0.3 is 13.9 Å². The smallest absolute Gasteiger partial charge is 0.158 e. The summed E-state index contributed by atoms with van der Waals surface area (Å²) >= 11 is 1.85. The van der Waals surface area contributed by atoms with Crippen molar-refractivity contribution in [3.05, 3.63) is 146 Å². The number of anilines is 3. The molecule has 0 aliphatic rings. The standard InChI is InChI=1S/C38H24N2OS/c1-2-8-26(9-3-1)39(29-19-21-36-33(24-29)31-11-5-7-13-35(31)42-36)27-15-17-28(18-16-27)40-34-12-6-4-10-30(34)32-20-14-25-22-23-41-38(25)37(32)40/h1-24H. The second kappa shape index (κ2) is 9.10. The number of fused-ring (bicyclic) bond motifs is 8. The van der Waals surface area contributed by atoms with Crippen molar-refractivity contribution in [1.82, 2.24) is 4.57 Å². The number of para-hydroxylation sites is 2. The molecule has 198 valence electrons. The SMILES string of the molecule is c1ccc(N(c2ccc(-n3c4ccccc4c4ccc5ccoc5c43)cc2)c2ccc3sc4ccccc4c3c2)cc1. The molecule has 0 radical (unpaired) electrons. The van der Waals surface area contributed by atoms with Crippen molar-refractivity contribution in [3.63, 3.8) is 0 Å². The average molecular weight is 557 g/mol. The van der Waals surface area contributed by atoms with Gasteiger partial charge in [0.25, 0.3) is 0 Å². The predicted molar refractivity (Wildman–Crippen MR) is 178 cm³/mol. The van der Waals surface area contributed by atoms with E-state index in [0.717, 1.165) is 39.2 Å². The maximum absolute atomic E-state index is 6.03. The van der Waals surface area contributed by atoms with E-state index in [0.29, 0.717) is 0 Å². The molecule has 0 N–H and O–H groups in total. The van der Waals surface area contributed by atoms with Gasteiger partial charge in [-0.3, -0.25) is 0 Å². The van der Waals surface area contributed by atoms with Crippen LogP contribution in [0.3, 0.4) is 0 Å². The molecule has 0 fully saturated rings. The second-order valence-corrected chi connectivity index (χ2v) is 11.7. The maximum Gasteiger partial charge on any atom is 0.158 e. The van der Waals surface area contributed by atoms with E-state index in [2.05, 4.69) is 143 Å². The van der Waals surface area contributed by atoms with Crippen LogP contribution in [0.25, 0.3) is 58.6 Å². The first-order valence-electron chi connectivity index (χ1n) is 14.1. The Morgan fingerprint density at radius 3 is 2.12 bits per heavy atom. The van der Waals surface area contributed by atoms with Crippen LogP contribution in [0, 0.1) is 0 Å². The number of aromatic nitrogens is 1. The van der Waals surface area contributed by atoms with Crippen LogP contribution in [-0.4, -0.2) is 4.57 Å². The Kier molecular flexibility index (Phi) is 5.07. The third-order valence-electron chi connectivity index (χ3n) is 8.25. The number of hydrogen-bond acceptors (Lipinski definition) is 3. The molecule has 9 rings (SSSR count). The highest BCUT2D eigenvalue weighted by Gasteiger charge is 2.18. The molecule has 42 heavy (non-hydrogen) atoms. The highest BCUT2D eigenvalue weighted by atomic mass is 32.1. The summed E-state index contributed by atoms with van der Waals surface area (Å²) in [5.41, 5.74) is 7.64. The minimum atomic E-state index is 0.912. The molecule has 0 saturated heterocycles. The van der Waals surface area contributed by atoms with Crippen LogP contribution in [0.15, 0.2) is 150 Å². The van der Waals surface area contributed by atoms with Crippen LogP contribution in [-0.2, 0) is 0 Å². The summed E-state index contributed by atoms with van der Waals surface area (Å²) in [5.74, 6) is 0. The molecular formula is C38H24N2OS. The Morgan fingerprint density at radius 1 is 0.524 bits per heavy atom. The largest absolute Gasteiger partial charge is 0.462 e. The van der Waals surface area contributed by atoms with Crippen molar-refractivity contribution >= 4 is 81.3 Å². The van der Waals surface area contributed by atoms with E-state index in [1.165, 1.54) is 36.5 Å². The lowest BCUT2D eigenvalue weighted by Gasteiger charge is -2.26. The second-order valence-electron chi connectivity index (χ2n) is 10.6. The van der Waals surface area contributed by atoms with E-state index in [9.17, 15) is 0 Å². The first-order chi connectivity index (χ1) is 20.8. The molecule has 3 nitrogen and oxygen atoms in total. The summed E-state index contributed by atoms with van der Waals surface area (Å²) < 4.78 is 11.0. The van der Waals surface area contributed by atoms with Crippen molar-refractivity contribution in [2.45, 2.75) is 0 Å². The zero-order valence-electron chi connectivity index (χ0n) is 22.6. The average Bonchev–Trinajstić information content (AvgIpc) is 3.76. The summed E-state index contributed by atoms with van der Waals surface area (Å²) in [6, 6.07) is 50.0. The van der Waals surface area contributed by atoms with E-state index in [-0.39, 0.29) is 0 Å². The summed E-state index contributed by atoms with van der Waals surface area (Å²) in [6.07, 6.45) is 1.78. The van der Waals surface area contributed by atoms with Crippen molar-refractivity contribution in [2.24, 2.45) is 0 Å². The van der Waals surface area contributed by atoms with Crippen molar-refractivity contribution in [3.8, 4) is 5.69 Å². The Labute approximate surface area is 246 Å². The number of furan rings is 1. The lowest BCUT2D eigenvalue weighted by atomic mass is 10.1. The Morgan fingerprint density at radius 2 is 1.24 bits per heavy atom. The zero-order valence-corrected chi connectivity index (χ0v) is 23.4. The first kappa shape index (κ1) is 23.4. The van der Waals surface area contributed by atoms with Gasteiger partial charge in [0.2, 0.25) is 0 Å². The van der Waals surface area contributed by atoms with Gasteiger partial charge in [-0.15, -0.1) is 11.3 Å². The van der Waals surface area contributed by atoms with E-state index in [4.69, 9.17) is 4.42 Å². The fourth-order valence-corrected chi connectivity index (χ4v) is 7.46. The van der Waals surface area contributed by atoms with E-state index in [1.807, 2.05) is 17.4 Å². The third kappa shape index (κ3) is 3.46. The topological polar surface area (TPSA) is 21.3 Å². The van der Waals surface area contributed by atoms with Gasteiger partial charge in [0.15, 0.2) is 5.58 Å². The molecule has 0 unspecified atom stereocenters. The number of thiophene rings is 1. The van der Waals surface area contributed by atoms with Crippen molar-refractivity contribution in [2.75, 3.05) is 4.90 Å². The van der Waals surface area contributed by atoms with Gasteiger partial charge in [-0.05, 0) is 72.8 Å². The molecule has 0 spiro atoms. The zero-order chi connectivity index (χ0) is 27.6. The van der Waals surface area contributed by atoms with E-state index in [1.54, 1.807) is 6.26 Å². The molecule has 0 aliphatic heterocycles. The summed E-state index contributed by atoms with van der Waals surface area (Å²) in [5, 5.41) is 6.11. The first-order valence-corrected chi connectivity index (χ1v) is 14.9.